The fourth-order valence-electron chi connectivity index (χ4n) is 3.29. The molecule has 118 valence electrons. The third kappa shape index (κ3) is 2.00. The van der Waals surface area contributed by atoms with E-state index in [2.05, 4.69) is 18.8 Å². The maximum absolute atomic E-state index is 11.5. The molecule has 3 aromatic rings. The molecule has 7 heteroatoms. The number of thiazole rings is 1. The molecule has 3 N–H and O–H groups in total. The van der Waals surface area contributed by atoms with Gasteiger partial charge in [0, 0.05) is 27.9 Å². The molecule has 0 aromatic carbocycles. The van der Waals surface area contributed by atoms with Gasteiger partial charge in [-0.2, -0.15) is 0 Å². The van der Waals surface area contributed by atoms with Crippen LogP contribution < -0.4 is 5.73 Å². The average molecular weight is 345 g/mol. The van der Waals surface area contributed by atoms with Gasteiger partial charge >= 0.3 is 5.97 Å². The summed E-state index contributed by atoms with van der Waals surface area (Å²) in [6, 6.07) is 0. The van der Waals surface area contributed by atoms with Crippen molar-refractivity contribution < 1.29 is 9.90 Å². The molecule has 0 fully saturated rings. The lowest BCUT2D eigenvalue weighted by Gasteiger charge is -2.18. The minimum Gasteiger partial charge on any atom is -0.477 e. The Bertz CT molecular complexity index is 942. The number of rotatable bonds is 2. The zero-order valence-electron chi connectivity index (χ0n) is 12.7. The summed E-state index contributed by atoms with van der Waals surface area (Å²) in [6.45, 7) is 4.36. The number of hydrogen-bond donors (Lipinski definition) is 2. The first-order valence-corrected chi connectivity index (χ1v) is 8.98. The molecule has 0 spiro atoms. The van der Waals surface area contributed by atoms with Crippen LogP contribution in [0.3, 0.4) is 0 Å². The van der Waals surface area contributed by atoms with E-state index in [0.29, 0.717) is 10.5 Å². The Hall–Kier alpha value is -1.99. The topological polar surface area (TPSA) is 89.1 Å². The van der Waals surface area contributed by atoms with Crippen molar-refractivity contribution in [1.82, 2.24) is 9.97 Å². The van der Waals surface area contributed by atoms with Gasteiger partial charge in [-0.25, -0.2) is 14.8 Å². The van der Waals surface area contributed by atoms with Crippen molar-refractivity contribution in [1.29, 1.82) is 0 Å². The van der Waals surface area contributed by atoms with Crippen molar-refractivity contribution in [3.63, 3.8) is 0 Å². The number of nitrogen functional groups attached to an aromatic ring is 1. The molecule has 0 amide bonds. The Kier molecular flexibility index (Phi) is 3.01. The largest absolute Gasteiger partial charge is 0.477 e. The number of thiophene rings is 1. The highest BCUT2D eigenvalue weighted by atomic mass is 32.1. The van der Waals surface area contributed by atoms with Crippen molar-refractivity contribution >= 4 is 44.5 Å². The van der Waals surface area contributed by atoms with Gasteiger partial charge in [-0.05, 0) is 18.4 Å². The smallest absolute Gasteiger partial charge is 0.348 e. The summed E-state index contributed by atoms with van der Waals surface area (Å²) in [7, 11) is 0. The maximum atomic E-state index is 11.5. The second kappa shape index (κ2) is 4.75. The molecule has 23 heavy (non-hydrogen) atoms. The van der Waals surface area contributed by atoms with E-state index in [1.54, 1.807) is 17.5 Å². The quantitative estimate of drug-likeness (QED) is 0.735. The highest BCUT2D eigenvalue weighted by Gasteiger charge is 2.36. The van der Waals surface area contributed by atoms with E-state index >= 15 is 0 Å². The van der Waals surface area contributed by atoms with E-state index in [1.807, 2.05) is 5.38 Å². The number of nitrogens with zero attached hydrogens (tertiary/aromatic N) is 2. The number of aromatic nitrogens is 2. The summed E-state index contributed by atoms with van der Waals surface area (Å²) in [5, 5.41) is 12.9. The van der Waals surface area contributed by atoms with E-state index < -0.39 is 5.97 Å². The minimum absolute atomic E-state index is 0.0162. The summed E-state index contributed by atoms with van der Waals surface area (Å²) in [5.41, 5.74) is 9.66. The summed E-state index contributed by atoms with van der Waals surface area (Å²) < 4.78 is 0. The molecule has 0 aliphatic heterocycles. The van der Waals surface area contributed by atoms with E-state index in [9.17, 15) is 9.90 Å². The van der Waals surface area contributed by atoms with Gasteiger partial charge in [0.05, 0.1) is 11.4 Å². The molecule has 3 heterocycles. The molecular formula is C16H15N3O2S2. The predicted octanol–water partition coefficient (Wildman–Crippen LogP) is 3.92. The van der Waals surface area contributed by atoms with Crippen LogP contribution in [0, 0.1) is 0 Å². The van der Waals surface area contributed by atoms with Gasteiger partial charge in [0.1, 0.15) is 14.7 Å². The normalized spacial score (nSPS) is 15.9. The molecule has 1 aliphatic rings. The highest BCUT2D eigenvalue weighted by Crippen LogP contribution is 2.48. The third-order valence-corrected chi connectivity index (χ3v) is 6.34. The van der Waals surface area contributed by atoms with Crippen molar-refractivity contribution in [2.75, 3.05) is 5.73 Å². The lowest BCUT2D eigenvalue weighted by Crippen LogP contribution is -2.14. The Balaban J connectivity index is 2.17. The first-order chi connectivity index (χ1) is 10.9. The predicted molar refractivity (Wildman–Crippen MR) is 93.4 cm³/mol. The van der Waals surface area contributed by atoms with Gasteiger partial charge in [-0.15, -0.1) is 22.7 Å². The van der Waals surface area contributed by atoms with Crippen LogP contribution in [0.25, 0.3) is 20.8 Å². The first-order valence-electron chi connectivity index (χ1n) is 7.28. The van der Waals surface area contributed by atoms with Gasteiger partial charge in [0.15, 0.2) is 0 Å². The molecule has 1 aliphatic carbocycles. The molecule has 0 radical (unpaired) electrons. The third-order valence-electron chi connectivity index (χ3n) is 4.46. The van der Waals surface area contributed by atoms with E-state index in [0.717, 1.165) is 45.8 Å². The van der Waals surface area contributed by atoms with Crippen LogP contribution in [-0.4, -0.2) is 21.0 Å². The molecule has 0 saturated carbocycles. The van der Waals surface area contributed by atoms with E-state index in [-0.39, 0.29) is 10.3 Å². The van der Waals surface area contributed by atoms with Gasteiger partial charge in [0.25, 0.3) is 0 Å². The van der Waals surface area contributed by atoms with Crippen molar-refractivity contribution in [3.05, 3.63) is 27.7 Å². The van der Waals surface area contributed by atoms with Crippen LogP contribution in [0.1, 0.15) is 41.2 Å². The van der Waals surface area contributed by atoms with Crippen molar-refractivity contribution in [2.24, 2.45) is 0 Å². The lowest BCUT2D eigenvalue weighted by atomic mass is 9.90. The van der Waals surface area contributed by atoms with Crippen molar-refractivity contribution in [3.8, 4) is 10.6 Å². The SMILES string of the molecule is CC1(C)CCc2c1nc1sc(C(=O)O)c(N)c1c2-c1nccs1. The molecular weight excluding hydrogens is 330 g/mol. The summed E-state index contributed by atoms with van der Waals surface area (Å²) >= 11 is 2.70. The standard InChI is InChI=1S/C16H15N3O2S2/c1-16(2)4-3-7-8(13-18-5-6-22-13)9-10(17)11(15(20)21)23-14(9)19-12(7)16/h5-6H,3-4,17H2,1-2H3,(H,20,21). The average Bonchev–Trinajstić information content (AvgIpc) is 3.18. The van der Waals surface area contributed by atoms with Crippen molar-refractivity contribution in [2.45, 2.75) is 32.1 Å². The summed E-state index contributed by atoms with van der Waals surface area (Å²) in [5.74, 6) is -1.00. The van der Waals surface area contributed by atoms with Crippen LogP contribution in [0.4, 0.5) is 5.69 Å². The van der Waals surface area contributed by atoms with Gasteiger partial charge < -0.3 is 10.8 Å². The maximum Gasteiger partial charge on any atom is 0.348 e. The van der Waals surface area contributed by atoms with Gasteiger partial charge in [-0.1, -0.05) is 13.8 Å². The Morgan fingerprint density at radius 3 is 2.87 bits per heavy atom. The highest BCUT2D eigenvalue weighted by molar-refractivity contribution is 7.21. The zero-order valence-corrected chi connectivity index (χ0v) is 14.3. The van der Waals surface area contributed by atoms with Crippen LogP contribution in [0.15, 0.2) is 11.6 Å². The molecule has 0 atom stereocenters. The number of fused-ring (bicyclic) bond motifs is 2. The fourth-order valence-corrected chi connectivity index (χ4v) is 4.95. The molecule has 3 aromatic heterocycles. The summed E-state index contributed by atoms with van der Waals surface area (Å²) in [6.07, 6.45) is 3.70. The molecule has 0 unspecified atom stereocenters. The Morgan fingerprint density at radius 2 is 2.22 bits per heavy atom. The summed E-state index contributed by atoms with van der Waals surface area (Å²) in [4.78, 5) is 21.6. The number of anilines is 1. The molecule has 0 bridgehead atoms. The van der Waals surface area contributed by atoms with Gasteiger partial charge in [-0.3, -0.25) is 0 Å². The number of carboxylic acid groups (broad SMARTS) is 1. The van der Waals surface area contributed by atoms with Crippen LogP contribution in [0.2, 0.25) is 0 Å². The van der Waals surface area contributed by atoms with E-state index in [1.165, 1.54) is 5.56 Å². The second-order valence-corrected chi connectivity index (χ2v) is 8.26. The molecule has 0 saturated heterocycles. The fraction of sp³-hybridized carbons (Fsp3) is 0.312. The number of pyridine rings is 1. The van der Waals surface area contributed by atoms with Crippen LogP contribution in [0.5, 0.6) is 0 Å². The number of carboxylic acids is 1. The second-order valence-electron chi connectivity index (χ2n) is 6.37. The monoisotopic (exact) mass is 345 g/mol. The van der Waals surface area contributed by atoms with Crippen LogP contribution in [-0.2, 0) is 11.8 Å². The Labute approximate surface area is 140 Å². The zero-order chi connectivity index (χ0) is 16.4. The minimum atomic E-state index is -1.00. The molecule has 5 nitrogen and oxygen atoms in total. The number of aromatic carboxylic acids is 1. The lowest BCUT2D eigenvalue weighted by molar-refractivity contribution is 0.0703. The van der Waals surface area contributed by atoms with Gasteiger partial charge in [0.2, 0.25) is 0 Å². The number of nitrogens with two attached hydrogens (primary N) is 1. The number of carbonyl (C=O) groups is 1. The van der Waals surface area contributed by atoms with Crippen LogP contribution >= 0.6 is 22.7 Å². The Morgan fingerprint density at radius 1 is 1.43 bits per heavy atom. The molecule has 4 rings (SSSR count). The number of hydrogen-bond acceptors (Lipinski definition) is 6. The van der Waals surface area contributed by atoms with E-state index in [4.69, 9.17) is 10.7 Å². The first kappa shape index (κ1) is 14.6.